The van der Waals surface area contributed by atoms with Crippen molar-refractivity contribution < 1.29 is 0 Å². The van der Waals surface area contributed by atoms with Gasteiger partial charge in [0.2, 0.25) is 0 Å². The second-order valence-corrected chi connectivity index (χ2v) is 5.29. The molecule has 0 heterocycles. The summed E-state index contributed by atoms with van der Waals surface area (Å²) in [6.07, 6.45) is 4.39. The van der Waals surface area contributed by atoms with E-state index in [4.69, 9.17) is 11.6 Å². The second-order valence-electron chi connectivity index (χ2n) is 3.94. The monoisotopic (exact) mass is 257 g/mol. The van der Waals surface area contributed by atoms with Gasteiger partial charge in [0.1, 0.15) is 0 Å². The summed E-state index contributed by atoms with van der Waals surface area (Å²) >= 11 is 7.87. The van der Waals surface area contributed by atoms with Crippen molar-refractivity contribution in [1.82, 2.24) is 5.32 Å². The van der Waals surface area contributed by atoms with Gasteiger partial charge in [-0.1, -0.05) is 30.7 Å². The Morgan fingerprint density at radius 1 is 1.44 bits per heavy atom. The number of thioether (sulfide) groups is 1. The molecule has 3 heteroatoms. The molecule has 16 heavy (non-hydrogen) atoms. The predicted octanol–water partition coefficient (Wildman–Crippen LogP) is 3.61. The van der Waals surface area contributed by atoms with Gasteiger partial charge in [0.05, 0.1) is 0 Å². The van der Waals surface area contributed by atoms with Crippen LogP contribution in [-0.2, 0) is 6.42 Å². The van der Waals surface area contributed by atoms with Crippen molar-refractivity contribution in [3.05, 3.63) is 34.9 Å². The van der Waals surface area contributed by atoms with Gasteiger partial charge in [0.15, 0.2) is 0 Å². The van der Waals surface area contributed by atoms with Gasteiger partial charge in [-0.15, -0.1) is 0 Å². The fraction of sp³-hybridized carbons (Fsp3) is 0.538. The average Bonchev–Trinajstić information content (AvgIpc) is 2.26. The van der Waals surface area contributed by atoms with E-state index in [1.807, 2.05) is 23.9 Å². The quantitative estimate of drug-likeness (QED) is 0.801. The van der Waals surface area contributed by atoms with Crippen molar-refractivity contribution in [2.45, 2.75) is 25.8 Å². The first-order valence-electron chi connectivity index (χ1n) is 5.73. The van der Waals surface area contributed by atoms with E-state index < -0.39 is 0 Å². The maximum absolute atomic E-state index is 5.98. The first-order chi connectivity index (χ1) is 7.76. The summed E-state index contributed by atoms with van der Waals surface area (Å²) in [5, 5.41) is 4.40. The van der Waals surface area contributed by atoms with Gasteiger partial charge >= 0.3 is 0 Å². The molecule has 1 aromatic rings. The molecule has 0 amide bonds. The molecule has 1 aromatic carbocycles. The van der Waals surface area contributed by atoms with E-state index in [2.05, 4.69) is 30.6 Å². The molecule has 0 fully saturated rings. The summed E-state index contributed by atoms with van der Waals surface area (Å²) in [7, 11) is 0. The van der Waals surface area contributed by atoms with Crippen molar-refractivity contribution in [2.24, 2.45) is 0 Å². The SMILES string of the molecule is CCCNC(CSC)Cc1cccc(Cl)c1. The van der Waals surface area contributed by atoms with Crippen LogP contribution in [0.15, 0.2) is 24.3 Å². The van der Waals surface area contributed by atoms with E-state index in [9.17, 15) is 0 Å². The molecule has 90 valence electrons. The van der Waals surface area contributed by atoms with Crippen molar-refractivity contribution in [2.75, 3.05) is 18.6 Å². The van der Waals surface area contributed by atoms with Gasteiger partial charge < -0.3 is 5.32 Å². The summed E-state index contributed by atoms with van der Waals surface area (Å²) in [4.78, 5) is 0. The Morgan fingerprint density at radius 2 is 2.25 bits per heavy atom. The van der Waals surface area contributed by atoms with E-state index in [1.165, 1.54) is 12.0 Å². The molecule has 0 aromatic heterocycles. The second kappa shape index (κ2) is 7.99. The maximum atomic E-state index is 5.98. The Labute approximate surface area is 108 Å². The van der Waals surface area contributed by atoms with Crippen molar-refractivity contribution in [1.29, 1.82) is 0 Å². The number of nitrogens with one attached hydrogen (secondary N) is 1. The van der Waals surface area contributed by atoms with Crippen molar-refractivity contribution >= 4 is 23.4 Å². The third-order valence-electron chi connectivity index (χ3n) is 2.42. The molecule has 0 spiro atoms. The van der Waals surface area contributed by atoms with Gasteiger partial charge in [-0.25, -0.2) is 0 Å². The molecule has 0 aliphatic heterocycles. The van der Waals surface area contributed by atoms with Gasteiger partial charge in [0, 0.05) is 16.8 Å². The Kier molecular flexibility index (Phi) is 6.93. The van der Waals surface area contributed by atoms with Crippen LogP contribution in [0.25, 0.3) is 0 Å². The summed E-state index contributed by atoms with van der Waals surface area (Å²) in [6, 6.07) is 8.70. The van der Waals surface area contributed by atoms with Crippen LogP contribution in [-0.4, -0.2) is 24.6 Å². The minimum atomic E-state index is 0.549. The lowest BCUT2D eigenvalue weighted by Gasteiger charge is -2.17. The molecule has 1 atom stereocenters. The Morgan fingerprint density at radius 3 is 2.88 bits per heavy atom. The van der Waals surface area contributed by atoms with Gasteiger partial charge in [-0.3, -0.25) is 0 Å². The fourth-order valence-electron chi connectivity index (χ4n) is 1.69. The topological polar surface area (TPSA) is 12.0 Å². The van der Waals surface area contributed by atoms with Crippen LogP contribution in [0.3, 0.4) is 0 Å². The van der Waals surface area contributed by atoms with Gasteiger partial charge in [-0.05, 0) is 43.3 Å². The zero-order valence-corrected chi connectivity index (χ0v) is 11.6. The third-order valence-corrected chi connectivity index (χ3v) is 3.39. The summed E-state index contributed by atoms with van der Waals surface area (Å²) in [6.45, 7) is 3.29. The average molecular weight is 258 g/mol. The molecule has 0 aliphatic carbocycles. The summed E-state index contributed by atoms with van der Waals surface area (Å²) < 4.78 is 0. The van der Waals surface area contributed by atoms with Crippen LogP contribution in [0.4, 0.5) is 0 Å². The van der Waals surface area contributed by atoms with Gasteiger partial charge in [0.25, 0.3) is 0 Å². The molecule has 0 saturated heterocycles. The van der Waals surface area contributed by atoms with Crippen LogP contribution >= 0.6 is 23.4 Å². The van der Waals surface area contributed by atoms with Crippen molar-refractivity contribution in [3.8, 4) is 0 Å². The normalized spacial score (nSPS) is 12.7. The molecule has 1 rings (SSSR count). The molecular weight excluding hydrogens is 238 g/mol. The highest BCUT2D eigenvalue weighted by Gasteiger charge is 2.07. The number of hydrogen-bond acceptors (Lipinski definition) is 2. The van der Waals surface area contributed by atoms with Crippen LogP contribution in [0.5, 0.6) is 0 Å². The van der Waals surface area contributed by atoms with E-state index >= 15 is 0 Å². The molecule has 0 saturated carbocycles. The molecule has 1 N–H and O–H groups in total. The van der Waals surface area contributed by atoms with E-state index in [-0.39, 0.29) is 0 Å². The lowest BCUT2D eigenvalue weighted by Crippen LogP contribution is -2.33. The first kappa shape index (κ1) is 13.9. The lowest BCUT2D eigenvalue weighted by atomic mass is 10.1. The highest BCUT2D eigenvalue weighted by atomic mass is 35.5. The lowest BCUT2D eigenvalue weighted by molar-refractivity contribution is 0.550. The number of hydrogen-bond donors (Lipinski definition) is 1. The summed E-state index contributed by atoms with van der Waals surface area (Å²) in [5.74, 6) is 1.15. The summed E-state index contributed by atoms with van der Waals surface area (Å²) in [5.41, 5.74) is 1.31. The smallest absolute Gasteiger partial charge is 0.0408 e. The largest absolute Gasteiger partial charge is 0.313 e. The Bertz CT molecular complexity index is 304. The molecule has 1 unspecified atom stereocenters. The van der Waals surface area contributed by atoms with Gasteiger partial charge in [-0.2, -0.15) is 11.8 Å². The van der Waals surface area contributed by atoms with E-state index in [0.29, 0.717) is 6.04 Å². The highest BCUT2D eigenvalue weighted by molar-refractivity contribution is 7.98. The predicted molar refractivity (Wildman–Crippen MR) is 75.6 cm³/mol. The van der Waals surface area contributed by atoms with Crippen molar-refractivity contribution in [3.63, 3.8) is 0 Å². The van der Waals surface area contributed by atoms with Crippen LogP contribution in [0.1, 0.15) is 18.9 Å². The maximum Gasteiger partial charge on any atom is 0.0408 e. The third kappa shape index (κ3) is 5.24. The zero-order chi connectivity index (χ0) is 11.8. The van der Waals surface area contributed by atoms with E-state index in [1.54, 1.807) is 0 Å². The number of halogens is 1. The molecule has 0 bridgehead atoms. The minimum absolute atomic E-state index is 0.549. The Balaban J connectivity index is 2.52. The molecule has 0 radical (unpaired) electrons. The molecule has 1 nitrogen and oxygen atoms in total. The van der Waals surface area contributed by atoms with Crippen LogP contribution in [0, 0.1) is 0 Å². The van der Waals surface area contributed by atoms with E-state index in [0.717, 1.165) is 23.7 Å². The Hall–Kier alpha value is -0.180. The number of benzene rings is 1. The number of rotatable bonds is 7. The molecule has 0 aliphatic rings. The van der Waals surface area contributed by atoms with Crippen LogP contribution < -0.4 is 5.32 Å². The first-order valence-corrected chi connectivity index (χ1v) is 7.50. The molecular formula is C13H20ClNS. The highest BCUT2D eigenvalue weighted by Crippen LogP contribution is 2.13. The standard InChI is InChI=1S/C13H20ClNS/c1-3-7-15-13(10-16-2)9-11-5-4-6-12(14)8-11/h4-6,8,13,15H,3,7,9-10H2,1-2H3. The fourth-order valence-corrected chi connectivity index (χ4v) is 2.54. The zero-order valence-electron chi connectivity index (χ0n) is 10.0. The minimum Gasteiger partial charge on any atom is -0.313 e. The van der Waals surface area contributed by atoms with Crippen LogP contribution in [0.2, 0.25) is 5.02 Å².